The number of carbonyl (C=O) groups is 5. The Hall–Kier alpha value is -3.66. The van der Waals surface area contributed by atoms with Crippen molar-refractivity contribution in [3.63, 3.8) is 0 Å². The van der Waals surface area contributed by atoms with E-state index in [0.717, 1.165) is 0 Å². The molecule has 2 atom stereocenters. The molecule has 2 aromatic rings. The number of carbonyl (C=O) groups excluding carboxylic acids is 5. The van der Waals surface area contributed by atoms with Crippen molar-refractivity contribution >= 4 is 55.4 Å². The number of anilines is 1. The van der Waals surface area contributed by atoms with Gasteiger partial charge in [0, 0.05) is 69.6 Å². The second kappa shape index (κ2) is 13.4. The summed E-state index contributed by atoms with van der Waals surface area (Å²) in [6.45, 7) is 2.31. The van der Waals surface area contributed by atoms with E-state index in [4.69, 9.17) is 0 Å². The maximum Gasteiger partial charge on any atom is 0.252 e. The van der Waals surface area contributed by atoms with Gasteiger partial charge in [-0.1, -0.05) is 16.2 Å². The maximum absolute atomic E-state index is 14.0. The number of likely N-dealkylation sites (tertiary alicyclic amines) is 1. The molecule has 2 heterocycles. The van der Waals surface area contributed by atoms with Crippen LogP contribution in [0.4, 0.5) is 10.1 Å². The van der Waals surface area contributed by atoms with Gasteiger partial charge in [0.1, 0.15) is 5.41 Å². The van der Waals surface area contributed by atoms with Crippen molar-refractivity contribution < 1.29 is 28.4 Å². The molecule has 3 rings (SSSR count). The summed E-state index contributed by atoms with van der Waals surface area (Å²) in [4.78, 5) is 68.4. The van der Waals surface area contributed by atoms with Crippen molar-refractivity contribution in [3.8, 4) is 0 Å². The summed E-state index contributed by atoms with van der Waals surface area (Å²) in [5, 5.41) is 6.89. The van der Waals surface area contributed by atoms with Gasteiger partial charge in [-0.15, -0.1) is 0 Å². The van der Waals surface area contributed by atoms with E-state index in [0.29, 0.717) is 29.6 Å². The molecule has 0 aliphatic carbocycles. The zero-order valence-corrected chi connectivity index (χ0v) is 23.2. The van der Waals surface area contributed by atoms with Crippen LogP contribution in [0.25, 0.3) is 10.9 Å². The Morgan fingerprint density at radius 2 is 1.79 bits per heavy atom. The lowest BCUT2D eigenvalue weighted by Gasteiger charge is -2.19. The highest BCUT2D eigenvalue weighted by atomic mass is 31.0. The van der Waals surface area contributed by atoms with Crippen LogP contribution in [0.15, 0.2) is 30.5 Å². The van der Waals surface area contributed by atoms with Crippen molar-refractivity contribution in [2.45, 2.75) is 38.0 Å². The molecule has 1 fully saturated rings. The smallest absolute Gasteiger partial charge is 0.252 e. The minimum absolute atomic E-state index is 0.0149. The molecule has 3 N–H and O–H groups in total. The van der Waals surface area contributed by atoms with Gasteiger partial charge >= 0.3 is 0 Å². The lowest BCUT2D eigenvalue weighted by Crippen LogP contribution is -2.39. The Kier molecular flexibility index (Phi) is 10.3. The summed E-state index contributed by atoms with van der Waals surface area (Å²) in [7, 11) is 3.69. The highest BCUT2D eigenvalue weighted by molar-refractivity contribution is 7.18. The molecule has 2 unspecified atom stereocenters. The van der Waals surface area contributed by atoms with Gasteiger partial charge in [0.05, 0.1) is 24.2 Å². The molecule has 13 heteroatoms. The number of nitrogens with zero attached hydrogens (tertiary/aromatic N) is 3. The topological polar surface area (TPSA) is 141 Å². The third kappa shape index (κ3) is 8.41. The summed E-state index contributed by atoms with van der Waals surface area (Å²) in [6.07, 6.45) is 2.03. The molecule has 1 aliphatic heterocycles. The fourth-order valence-corrected chi connectivity index (χ4v) is 4.41. The molecule has 0 radical (unpaired) electrons. The molecular weight excluding hydrogens is 526 g/mol. The number of hydrogen-bond acceptors (Lipinski definition) is 6. The van der Waals surface area contributed by atoms with Gasteiger partial charge in [0.25, 0.3) is 5.91 Å². The largest absolute Gasteiger partial charge is 0.354 e. The molecule has 0 spiro atoms. The van der Waals surface area contributed by atoms with Crippen LogP contribution in [0.1, 0.15) is 43.0 Å². The van der Waals surface area contributed by atoms with E-state index in [1.807, 2.05) is 0 Å². The summed E-state index contributed by atoms with van der Waals surface area (Å²) in [6, 6.07) is 6.54. The van der Waals surface area contributed by atoms with E-state index in [2.05, 4.69) is 30.2 Å². The number of aromatic nitrogens is 1. The maximum atomic E-state index is 14.0. The second-order valence-electron chi connectivity index (χ2n) is 9.35. The number of amides is 5. The number of pyridine rings is 1. The minimum atomic E-state index is -1.50. The first kappa shape index (κ1) is 29.9. The molecule has 1 saturated heterocycles. The van der Waals surface area contributed by atoms with Crippen LogP contribution in [-0.4, -0.2) is 84.6 Å². The highest BCUT2D eigenvalue weighted by Gasteiger charge is 2.36. The predicted molar refractivity (Wildman–Crippen MR) is 148 cm³/mol. The Bertz CT molecular complexity index is 1260. The van der Waals surface area contributed by atoms with Crippen molar-refractivity contribution in [3.05, 3.63) is 36.0 Å². The zero-order chi connectivity index (χ0) is 28.6. The lowest BCUT2D eigenvalue weighted by molar-refractivity contribution is -0.129. The standard InChI is InChI=1S/C26H34FN6O5P/c1-3-21(34)29-11-12-30-22(35)6-7-23(36)32(2)17-4-5-20-19(14-17)18(8-10-28-20)25(38)31-15-24(37)33-13-9-26(27,39)16-33/h4-5,8,10,14H,3,6-7,9,11-13,15-16,39H2,1-2H3,(H,29,34)(H,30,35)(H,31,38). The Morgan fingerprint density at radius 3 is 2.46 bits per heavy atom. The third-order valence-corrected chi connectivity index (χ3v) is 6.86. The van der Waals surface area contributed by atoms with E-state index >= 15 is 0 Å². The van der Waals surface area contributed by atoms with Gasteiger partial charge in [0.15, 0.2) is 0 Å². The van der Waals surface area contributed by atoms with E-state index in [-0.39, 0.29) is 74.6 Å². The first-order chi connectivity index (χ1) is 18.5. The molecule has 1 aliphatic rings. The molecule has 11 nitrogen and oxygen atoms in total. The van der Waals surface area contributed by atoms with E-state index < -0.39 is 11.3 Å². The number of rotatable bonds is 11. The van der Waals surface area contributed by atoms with Crippen LogP contribution in [0.2, 0.25) is 0 Å². The lowest BCUT2D eigenvalue weighted by atomic mass is 10.1. The van der Waals surface area contributed by atoms with Gasteiger partial charge in [-0.05, 0) is 24.3 Å². The number of hydrogen-bond donors (Lipinski definition) is 3. The van der Waals surface area contributed by atoms with Crippen molar-refractivity contribution in [1.82, 2.24) is 25.8 Å². The highest BCUT2D eigenvalue weighted by Crippen LogP contribution is 2.31. The fraction of sp³-hybridized carbons (Fsp3) is 0.462. The van der Waals surface area contributed by atoms with Crippen molar-refractivity contribution in [2.24, 2.45) is 0 Å². The average Bonchev–Trinajstić information content (AvgIpc) is 3.30. The molecule has 210 valence electrons. The summed E-state index contributed by atoms with van der Waals surface area (Å²) >= 11 is 0. The molecule has 0 saturated carbocycles. The molecule has 1 aromatic carbocycles. The van der Waals surface area contributed by atoms with Crippen LogP contribution in [0, 0.1) is 0 Å². The Morgan fingerprint density at radius 1 is 1.08 bits per heavy atom. The number of benzene rings is 1. The normalized spacial score (nSPS) is 16.6. The van der Waals surface area contributed by atoms with Gasteiger partial charge in [0.2, 0.25) is 23.6 Å². The van der Waals surface area contributed by atoms with E-state index in [1.54, 1.807) is 32.2 Å². The van der Waals surface area contributed by atoms with Gasteiger partial charge < -0.3 is 25.8 Å². The Balaban J connectivity index is 1.58. The number of fused-ring (bicyclic) bond motifs is 1. The SMILES string of the molecule is CCC(=O)NCCNC(=O)CCC(=O)N(C)c1ccc2nccc(C(=O)NCC(=O)N3CCC(F)(P)C3)c2c1. The number of halogens is 1. The number of nitrogens with one attached hydrogen (secondary N) is 3. The van der Waals surface area contributed by atoms with Crippen LogP contribution in [0.5, 0.6) is 0 Å². The average molecular weight is 561 g/mol. The van der Waals surface area contributed by atoms with Gasteiger partial charge in [-0.25, -0.2) is 4.39 Å². The minimum Gasteiger partial charge on any atom is -0.354 e. The van der Waals surface area contributed by atoms with Crippen molar-refractivity contribution in [2.75, 3.05) is 44.7 Å². The summed E-state index contributed by atoms with van der Waals surface area (Å²) in [5.41, 5.74) is 1.31. The zero-order valence-electron chi connectivity index (χ0n) is 22.1. The van der Waals surface area contributed by atoms with Crippen LogP contribution in [-0.2, 0) is 19.2 Å². The summed E-state index contributed by atoms with van der Waals surface area (Å²) in [5.74, 6) is -1.57. The fourth-order valence-electron chi connectivity index (χ4n) is 4.06. The third-order valence-electron chi connectivity index (χ3n) is 6.39. The number of alkyl halides is 1. The van der Waals surface area contributed by atoms with Crippen LogP contribution >= 0.6 is 9.24 Å². The quantitative estimate of drug-likeness (QED) is 0.278. The van der Waals surface area contributed by atoms with E-state index in [1.165, 1.54) is 22.1 Å². The van der Waals surface area contributed by atoms with Crippen molar-refractivity contribution in [1.29, 1.82) is 0 Å². The van der Waals surface area contributed by atoms with Gasteiger partial charge in [-0.3, -0.25) is 29.0 Å². The molecule has 0 bridgehead atoms. The molecule has 39 heavy (non-hydrogen) atoms. The molecule has 1 aromatic heterocycles. The monoisotopic (exact) mass is 560 g/mol. The molecular formula is C26H34FN6O5P. The first-order valence-corrected chi connectivity index (χ1v) is 13.3. The predicted octanol–water partition coefficient (Wildman–Crippen LogP) is 1.12. The second-order valence-corrected chi connectivity index (χ2v) is 10.4. The van der Waals surface area contributed by atoms with Crippen LogP contribution in [0.3, 0.4) is 0 Å². The van der Waals surface area contributed by atoms with E-state index in [9.17, 15) is 28.4 Å². The Labute approximate surface area is 228 Å². The van der Waals surface area contributed by atoms with Crippen LogP contribution < -0.4 is 20.9 Å². The van der Waals surface area contributed by atoms with Gasteiger partial charge in [-0.2, -0.15) is 0 Å². The molecule has 5 amide bonds. The first-order valence-electron chi connectivity index (χ1n) is 12.7. The summed E-state index contributed by atoms with van der Waals surface area (Å²) < 4.78 is 14.0.